The highest BCUT2D eigenvalue weighted by atomic mass is 19.4. The van der Waals surface area contributed by atoms with Crippen LogP contribution in [0.4, 0.5) is 18.9 Å². The van der Waals surface area contributed by atoms with E-state index >= 15 is 0 Å². The fourth-order valence-electron chi connectivity index (χ4n) is 4.76. The summed E-state index contributed by atoms with van der Waals surface area (Å²) in [7, 11) is 0. The summed E-state index contributed by atoms with van der Waals surface area (Å²) in [6.45, 7) is 4.14. The van der Waals surface area contributed by atoms with E-state index in [1.165, 1.54) is 6.07 Å². The summed E-state index contributed by atoms with van der Waals surface area (Å²) < 4.78 is 59.7. The molecule has 2 atom stereocenters. The smallest absolute Gasteiger partial charge is 0.416 e. The van der Waals surface area contributed by atoms with E-state index in [9.17, 15) is 13.2 Å². The van der Waals surface area contributed by atoms with E-state index in [1.807, 2.05) is 25.1 Å². The van der Waals surface area contributed by atoms with Gasteiger partial charge in [-0.1, -0.05) is 12.1 Å². The number of aliphatic imine (C=N–C) groups is 1. The molecule has 0 amide bonds. The zero-order chi connectivity index (χ0) is 24.2. The summed E-state index contributed by atoms with van der Waals surface area (Å²) in [6.07, 6.45) is -0.432. The molecule has 0 bridgehead atoms. The highest BCUT2D eigenvalue weighted by Gasteiger charge is 2.38. The fourth-order valence-corrected chi connectivity index (χ4v) is 4.76. The quantitative estimate of drug-likeness (QED) is 0.365. The Morgan fingerprint density at radius 3 is 2.80 bits per heavy atom. The van der Waals surface area contributed by atoms with Crippen molar-refractivity contribution in [2.75, 3.05) is 26.3 Å². The number of hydrogen-bond acceptors (Lipinski definition) is 5. The van der Waals surface area contributed by atoms with Gasteiger partial charge in [0.25, 0.3) is 0 Å². The summed E-state index contributed by atoms with van der Waals surface area (Å²) in [4.78, 5) is 9.37. The van der Waals surface area contributed by atoms with E-state index in [0.717, 1.165) is 42.1 Å². The van der Waals surface area contributed by atoms with E-state index in [0.29, 0.717) is 42.4 Å². The Balaban J connectivity index is 1.42. The number of aromatic nitrogens is 1. The molecule has 3 aliphatic rings. The van der Waals surface area contributed by atoms with Gasteiger partial charge in [0.2, 0.25) is 5.71 Å². The molecule has 6 rings (SSSR count). The van der Waals surface area contributed by atoms with Crippen molar-refractivity contribution in [2.45, 2.75) is 43.9 Å². The number of rotatable bonds is 3. The third-order valence-corrected chi connectivity index (χ3v) is 6.76. The average molecular weight is 484 g/mol. The lowest BCUT2D eigenvalue weighted by molar-refractivity contribution is -0.560. The number of oxazole rings is 1. The molecule has 3 aromatic rings. The molecule has 1 saturated carbocycles. The fraction of sp³-hybridized carbons (Fsp3) is 0.423. The maximum atomic E-state index is 13.3. The molecule has 0 radical (unpaired) electrons. The van der Waals surface area contributed by atoms with E-state index < -0.39 is 11.7 Å². The van der Waals surface area contributed by atoms with Crippen LogP contribution in [-0.4, -0.2) is 53.9 Å². The molecule has 6 nitrogen and oxygen atoms in total. The van der Waals surface area contributed by atoms with E-state index in [2.05, 4.69) is 9.56 Å². The van der Waals surface area contributed by atoms with Crippen LogP contribution in [0.25, 0.3) is 11.1 Å². The van der Waals surface area contributed by atoms with Crippen LogP contribution in [0.15, 0.2) is 45.8 Å². The lowest BCUT2D eigenvalue weighted by Gasteiger charge is -2.27. The SMILES string of the molecule is C[C@@H]1C[N+](=C2COc3cc(C(F)(F)F)ccc3C2C=Nc2cccc3nc(C4CC4)oc23)CCO1. The van der Waals surface area contributed by atoms with Gasteiger partial charge >= 0.3 is 6.18 Å². The van der Waals surface area contributed by atoms with Crippen molar-refractivity contribution in [2.24, 2.45) is 4.99 Å². The second-order valence-corrected chi connectivity index (χ2v) is 9.37. The molecular weight excluding hydrogens is 459 g/mol. The van der Waals surface area contributed by atoms with Crippen molar-refractivity contribution in [3.63, 3.8) is 0 Å². The molecule has 2 aromatic carbocycles. The number of alkyl halides is 3. The van der Waals surface area contributed by atoms with Gasteiger partial charge in [-0.25, -0.2) is 9.56 Å². The van der Waals surface area contributed by atoms with Gasteiger partial charge in [-0.2, -0.15) is 13.2 Å². The van der Waals surface area contributed by atoms with Crippen LogP contribution in [0, 0.1) is 0 Å². The monoisotopic (exact) mass is 484 g/mol. The number of fused-ring (bicyclic) bond motifs is 2. The van der Waals surface area contributed by atoms with E-state index in [4.69, 9.17) is 18.9 Å². The molecule has 0 spiro atoms. The Hall–Kier alpha value is -3.20. The highest BCUT2D eigenvalue weighted by Crippen LogP contribution is 2.42. The number of halogens is 3. The average Bonchev–Trinajstić information content (AvgIpc) is 3.60. The van der Waals surface area contributed by atoms with Crippen molar-refractivity contribution >= 4 is 28.7 Å². The number of para-hydroxylation sites is 1. The normalized spacial score (nSPS) is 25.1. The molecule has 35 heavy (non-hydrogen) atoms. The first-order valence-electron chi connectivity index (χ1n) is 11.9. The Labute approximate surface area is 200 Å². The summed E-state index contributed by atoms with van der Waals surface area (Å²) in [5, 5.41) is 0. The summed E-state index contributed by atoms with van der Waals surface area (Å²) >= 11 is 0. The largest absolute Gasteiger partial charge is 0.483 e. The molecule has 2 fully saturated rings. The molecule has 182 valence electrons. The number of morpholine rings is 1. The first kappa shape index (κ1) is 22.3. The van der Waals surface area contributed by atoms with Gasteiger partial charge in [-0.15, -0.1) is 0 Å². The van der Waals surface area contributed by atoms with E-state index in [1.54, 1.807) is 6.21 Å². The van der Waals surface area contributed by atoms with Crippen LogP contribution in [0.3, 0.4) is 0 Å². The second-order valence-electron chi connectivity index (χ2n) is 9.37. The molecule has 2 aliphatic heterocycles. The Morgan fingerprint density at radius 1 is 1.17 bits per heavy atom. The molecule has 1 aromatic heterocycles. The van der Waals surface area contributed by atoms with Crippen molar-refractivity contribution < 1.29 is 31.6 Å². The molecule has 0 N–H and O–H groups in total. The Bertz CT molecular complexity index is 1340. The van der Waals surface area contributed by atoms with Crippen LogP contribution in [0.5, 0.6) is 5.75 Å². The molecular formula is C26H25F3N3O3+. The number of ether oxygens (including phenoxy) is 2. The van der Waals surface area contributed by atoms with Crippen LogP contribution in [0.1, 0.15) is 48.6 Å². The molecule has 9 heteroatoms. The Kier molecular flexibility index (Phi) is 5.40. The van der Waals surface area contributed by atoms with Crippen LogP contribution >= 0.6 is 0 Å². The van der Waals surface area contributed by atoms with Gasteiger partial charge in [-0.3, -0.25) is 4.99 Å². The van der Waals surface area contributed by atoms with Crippen molar-refractivity contribution in [3.05, 3.63) is 53.4 Å². The number of benzene rings is 2. The minimum atomic E-state index is -4.44. The van der Waals surface area contributed by atoms with Gasteiger partial charge in [0.05, 0.1) is 5.56 Å². The minimum absolute atomic E-state index is 0.0478. The van der Waals surface area contributed by atoms with Crippen molar-refractivity contribution in [1.82, 2.24) is 4.98 Å². The van der Waals surface area contributed by atoms with Crippen molar-refractivity contribution in [3.8, 4) is 5.75 Å². The van der Waals surface area contributed by atoms with Gasteiger partial charge in [0.1, 0.15) is 35.6 Å². The summed E-state index contributed by atoms with van der Waals surface area (Å²) in [5.74, 6) is 1.02. The lowest BCUT2D eigenvalue weighted by atomic mass is 9.90. The molecule has 1 aliphatic carbocycles. The standard InChI is InChI=1S/C26H25F3N3O3/c1-15-13-32(9-10-33-15)22-14-34-23-11-17(26(27,28)29)7-8-18(23)19(22)12-30-20-3-2-4-21-24(20)35-25(31-21)16-5-6-16/h2-4,7-8,11-12,15-16,19H,5-6,9-10,13-14H2,1H3/q+1/t15-,19?/m1/s1. The summed E-state index contributed by atoms with van der Waals surface area (Å²) in [6, 6.07) is 9.33. The first-order chi connectivity index (χ1) is 16.9. The lowest BCUT2D eigenvalue weighted by Crippen LogP contribution is -2.43. The number of nitrogens with zero attached hydrogens (tertiary/aromatic N) is 3. The predicted octanol–water partition coefficient (Wildman–Crippen LogP) is 5.47. The van der Waals surface area contributed by atoms with E-state index in [-0.39, 0.29) is 24.4 Å². The van der Waals surface area contributed by atoms with Gasteiger partial charge in [0.15, 0.2) is 31.2 Å². The molecule has 1 unspecified atom stereocenters. The van der Waals surface area contributed by atoms with Gasteiger partial charge in [0, 0.05) is 17.7 Å². The summed E-state index contributed by atoms with van der Waals surface area (Å²) in [5.41, 5.74) is 2.93. The maximum absolute atomic E-state index is 13.3. The highest BCUT2D eigenvalue weighted by molar-refractivity contribution is 6.04. The van der Waals surface area contributed by atoms with Crippen LogP contribution in [-0.2, 0) is 10.9 Å². The third kappa shape index (κ3) is 4.33. The zero-order valence-corrected chi connectivity index (χ0v) is 19.2. The third-order valence-electron chi connectivity index (χ3n) is 6.76. The Morgan fingerprint density at radius 2 is 2.03 bits per heavy atom. The zero-order valence-electron chi connectivity index (χ0n) is 19.2. The van der Waals surface area contributed by atoms with Crippen LogP contribution < -0.4 is 4.74 Å². The first-order valence-corrected chi connectivity index (χ1v) is 11.9. The van der Waals surface area contributed by atoms with Gasteiger partial charge in [-0.05, 0) is 44.0 Å². The minimum Gasteiger partial charge on any atom is -0.483 e. The molecule has 1 saturated heterocycles. The topological polar surface area (TPSA) is 59.9 Å². The van der Waals surface area contributed by atoms with Crippen LogP contribution in [0.2, 0.25) is 0 Å². The van der Waals surface area contributed by atoms with Crippen molar-refractivity contribution in [1.29, 1.82) is 0 Å². The maximum Gasteiger partial charge on any atom is 0.416 e. The molecule has 3 heterocycles. The predicted molar refractivity (Wildman–Crippen MR) is 124 cm³/mol. The number of hydrogen-bond donors (Lipinski definition) is 0. The van der Waals surface area contributed by atoms with Gasteiger partial charge < -0.3 is 13.9 Å². The second kappa shape index (κ2) is 8.48.